The van der Waals surface area contributed by atoms with Crippen molar-refractivity contribution in [3.8, 4) is 16.9 Å². The molecule has 4 rings (SSSR count). The summed E-state index contributed by atoms with van der Waals surface area (Å²) in [6.07, 6.45) is 0.349. The van der Waals surface area contributed by atoms with Crippen molar-refractivity contribution in [2.75, 3.05) is 12.4 Å². The summed E-state index contributed by atoms with van der Waals surface area (Å²) in [5.41, 5.74) is 4.02. The van der Waals surface area contributed by atoms with E-state index in [2.05, 4.69) is 10.7 Å². The number of methoxy groups -OCH3 is 1. The first-order chi connectivity index (χ1) is 13.1. The zero-order valence-electron chi connectivity index (χ0n) is 14.6. The topological polar surface area (TPSA) is 75.6 Å². The minimum Gasteiger partial charge on any atom is -0.497 e. The minimum absolute atomic E-state index is 0.0389. The van der Waals surface area contributed by atoms with Crippen LogP contribution in [0.15, 0.2) is 53.9 Å². The molecule has 6 heteroatoms. The van der Waals surface area contributed by atoms with Crippen molar-refractivity contribution in [2.45, 2.75) is 12.3 Å². The van der Waals surface area contributed by atoms with Gasteiger partial charge in [-0.1, -0.05) is 24.3 Å². The molecular weight excluding hydrogens is 362 g/mol. The Morgan fingerprint density at radius 3 is 2.48 bits per heavy atom. The number of benzene rings is 2. The van der Waals surface area contributed by atoms with Crippen molar-refractivity contribution in [1.82, 2.24) is 0 Å². The van der Waals surface area contributed by atoms with E-state index < -0.39 is 5.97 Å². The third kappa shape index (κ3) is 3.19. The van der Waals surface area contributed by atoms with Gasteiger partial charge in [-0.25, -0.2) is 4.79 Å². The Hall–Kier alpha value is -3.12. The highest BCUT2D eigenvalue weighted by Gasteiger charge is 2.30. The van der Waals surface area contributed by atoms with E-state index in [0.29, 0.717) is 6.42 Å². The van der Waals surface area contributed by atoms with Crippen LogP contribution in [-0.4, -0.2) is 24.1 Å². The summed E-state index contributed by atoms with van der Waals surface area (Å²) in [6.45, 7) is 0. The summed E-state index contributed by atoms with van der Waals surface area (Å²) >= 11 is 1.61. The van der Waals surface area contributed by atoms with Gasteiger partial charge in [0, 0.05) is 28.2 Å². The fourth-order valence-corrected chi connectivity index (χ4v) is 4.50. The van der Waals surface area contributed by atoms with Crippen LogP contribution in [-0.2, 0) is 4.79 Å². The second-order valence-corrected chi connectivity index (χ2v) is 7.26. The van der Waals surface area contributed by atoms with Crippen molar-refractivity contribution in [3.05, 3.63) is 69.9 Å². The summed E-state index contributed by atoms with van der Waals surface area (Å²) in [6, 6.07) is 14.5. The SMILES string of the molecule is COc1ccc(-c2csc3c2NC(=O)C[C@@H]3c2ccc(C(=O)O)cc2)cc1. The summed E-state index contributed by atoms with van der Waals surface area (Å²) < 4.78 is 5.21. The van der Waals surface area contributed by atoms with Crippen LogP contribution in [0.25, 0.3) is 11.1 Å². The first-order valence-corrected chi connectivity index (χ1v) is 9.33. The van der Waals surface area contributed by atoms with E-state index in [1.165, 1.54) is 0 Å². The average molecular weight is 379 g/mol. The number of hydrogen-bond acceptors (Lipinski definition) is 4. The lowest BCUT2D eigenvalue weighted by Crippen LogP contribution is -2.22. The molecule has 1 amide bonds. The predicted octanol–water partition coefficient (Wildman–Crippen LogP) is 4.60. The quantitative estimate of drug-likeness (QED) is 0.695. The van der Waals surface area contributed by atoms with Crippen LogP contribution in [0.1, 0.15) is 33.1 Å². The predicted molar refractivity (Wildman–Crippen MR) is 105 cm³/mol. The zero-order valence-corrected chi connectivity index (χ0v) is 15.4. The van der Waals surface area contributed by atoms with Gasteiger partial charge in [0.2, 0.25) is 5.91 Å². The van der Waals surface area contributed by atoms with Crippen LogP contribution >= 0.6 is 11.3 Å². The van der Waals surface area contributed by atoms with E-state index in [1.807, 2.05) is 24.3 Å². The van der Waals surface area contributed by atoms with Crippen LogP contribution < -0.4 is 10.1 Å². The van der Waals surface area contributed by atoms with Gasteiger partial charge in [0.05, 0.1) is 18.4 Å². The van der Waals surface area contributed by atoms with Gasteiger partial charge in [-0.15, -0.1) is 11.3 Å². The molecule has 2 heterocycles. The van der Waals surface area contributed by atoms with Crippen LogP contribution in [0.2, 0.25) is 0 Å². The van der Waals surface area contributed by atoms with E-state index in [4.69, 9.17) is 9.84 Å². The molecular formula is C21H17NO4S. The third-order valence-corrected chi connectivity index (χ3v) is 5.85. The lowest BCUT2D eigenvalue weighted by atomic mass is 9.88. The number of aromatic carboxylic acids is 1. The number of thiophene rings is 1. The zero-order chi connectivity index (χ0) is 19.0. The maximum atomic E-state index is 12.3. The van der Waals surface area contributed by atoms with Gasteiger partial charge < -0.3 is 15.2 Å². The van der Waals surface area contributed by atoms with Crippen LogP contribution in [0, 0.1) is 0 Å². The Morgan fingerprint density at radius 2 is 1.85 bits per heavy atom. The van der Waals surface area contributed by atoms with Crippen LogP contribution in [0.4, 0.5) is 5.69 Å². The van der Waals surface area contributed by atoms with Crippen LogP contribution in [0.3, 0.4) is 0 Å². The fourth-order valence-electron chi connectivity index (χ4n) is 3.34. The number of anilines is 1. The number of rotatable bonds is 4. The molecule has 0 unspecified atom stereocenters. The third-order valence-electron chi connectivity index (χ3n) is 4.75. The van der Waals surface area contributed by atoms with Gasteiger partial charge in [-0.05, 0) is 35.4 Å². The van der Waals surface area contributed by atoms with Gasteiger partial charge in [0.1, 0.15) is 5.75 Å². The molecule has 27 heavy (non-hydrogen) atoms. The van der Waals surface area contributed by atoms with Gasteiger partial charge in [-0.3, -0.25) is 4.79 Å². The number of carbonyl (C=O) groups is 2. The molecule has 1 aliphatic heterocycles. The first-order valence-electron chi connectivity index (χ1n) is 8.45. The van der Waals surface area contributed by atoms with E-state index in [9.17, 15) is 9.59 Å². The van der Waals surface area contributed by atoms with Crippen molar-refractivity contribution in [3.63, 3.8) is 0 Å². The number of fused-ring (bicyclic) bond motifs is 1. The molecule has 0 radical (unpaired) electrons. The summed E-state index contributed by atoms with van der Waals surface area (Å²) in [4.78, 5) is 24.5. The monoisotopic (exact) mass is 379 g/mol. The van der Waals surface area contributed by atoms with Crippen molar-refractivity contribution in [2.24, 2.45) is 0 Å². The number of carbonyl (C=O) groups excluding carboxylic acids is 1. The largest absolute Gasteiger partial charge is 0.497 e. The molecule has 1 aromatic heterocycles. The molecule has 0 fully saturated rings. The number of amides is 1. The highest BCUT2D eigenvalue weighted by atomic mass is 32.1. The van der Waals surface area contributed by atoms with E-state index in [-0.39, 0.29) is 17.4 Å². The number of hydrogen-bond donors (Lipinski definition) is 2. The molecule has 1 aliphatic rings. The molecule has 5 nitrogen and oxygen atoms in total. The molecule has 136 valence electrons. The Kier molecular flexibility index (Phi) is 4.41. The summed E-state index contributed by atoms with van der Waals surface area (Å²) in [7, 11) is 1.63. The molecule has 2 aromatic carbocycles. The molecule has 2 N–H and O–H groups in total. The van der Waals surface area contributed by atoms with E-state index >= 15 is 0 Å². The molecule has 0 spiro atoms. The molecule has 0 saturated heterocycles. The van der Waals surface area contributed by atoms with Gasteiger partial charge in [0.15, 0.2) is 0 Å². The number of carboxylic acids is 1. The Balaban J connectivity index is 1.73. The maximum absolute atomic E-state index is 12.3. The maximum Gasteiger partial charge on any atom is 0.335 e. The first kappa shape index (κ1) is 17.3. The molecule has 1 atom stereocenters. The van der Waals surface area contributed by atoms with Gasteiger partial charge in [-0.2, -0.15) is 0 Å². The number of nitrogens with one attached hydrogen (secondary N) is 1. The van der Waals surface area contributed by atoms with E-state index in [1.54, 1.807) is 42.7 Å². The van der Waals surface area contributed by atoms with Gasteiger partial charge in [0.25, 0.3) is 0 Å². The highest BCUT2D eigenvalue weighted by molar-refractivity contribution is 7.11. The van der Waals surface area contributed by atoms with E-state index in [0.717, 1.165) is 33.0 Å². The number of carboxylic acid groups (broad SMARTS) is 1. The Bertz CT molecular complexity index is 1010. The normalized spacial score (nSPS) is 15.7. The molecule has 0 bridgehead atoms. The van der Waals surface area contributed by atoms with Crippen LogP contribution in [0.5, 0.6) is 5.75 Å². The van der Waals surface area contributed by atoms with Crippen molar-refractivity contribution >= 4 is 28.9 Å². The van der Waals surface area contributed by atoms with Crippen molar-refractivity contribution in [1.29, 1.82) is 0 Å². The second kappa shape index (κ2) is 6.89. The number of ether oxygens (including phenoxy) is 1. The second-order valence-electron chi connectivity index (χ2n) is 6.35. The Labute approximate surface area is 160 Å². The smallest absolute Gasteiger partial charge is 0.335 e. The minimum atomic E-state index is -0.957. The standard InChI is InChI=1S/C21H17NO4S/c1-26-15-8-6-13(7-9-15)17-11-27-20-16(10-18(23)22-19(17)20)12-2-4-14(5-3-12)21(24)25/h2-9,11,16H,10H2,1H3,(H,22,23)(H,24,25)/t16-/m1/s1. The fraction of sp³-hybridized carbons (Fsp3) is 0.143. The lowest BCUT2D eigenvalue weighted by Gasteiger charge is -2.24. The highest BCUT2D eigenvalue weighted by Crippen LogP contribution is 2.46. The average Bonchev–Trinajstić information content (AvgIpc) is 3.11. The molecule has 0 aliphatic carbocycles. The Morgan fingerprint density at radius 1 is 1.15 bits per heavy atom. The molecule has 3 aromatic rings. The summed E-state index contributed by atoms with van der Waals surface area (Å²) in [5.74, 6) is -0.290. The molecule has 0 saturated carbocycles. The van der Waals surface area contributed by atoms with Gasteiger partial charge >= 0.3 is 5.97 Å². The lowest BCUT2D eigenvalue weighted by molar-refractivity contribution is -0.116. The van der Waals surface area contributed by atoms with Crippen molar-refractivity contribution < 1.29 is 19.4 Å². The summed E-state index contributed by atoms with van der Waals surface area (Å²) in [5, 5.41) is 14.1.